The summed E-state index contributed by atoms with van der Waals surface area (Å²) in [6, 6.07) is 4.18. The number of hydrogen-bond acceptors (Lipinski definition) is 7. The van der Waals surface area contributed by atoms with Crippen LogP contribution in [0.25, 0.3) is 5.65 Å². The van der Waals surface area contributed by atoms with Gasteiger partial charge < -0.3 is 24.4 Å². The number of amides is 3. The van der Waals surface area contributed by atoms with Gasteiger partial charge in [-0.3, -0.25) is 19.2 Å². The number of hydrogen-bond donors (Lipinski definition) is 1. The lowest BCUT2D eigenvalue weighted by molar-refractivity contribution is -0.136. The molecule has 2 aliphatic heterocycles. The number of nitrogens with zero attached hydrogens (tertiary/aromatic N) is 6. The third kappa shape index (κ3) is 4.69. The third-order valence-corrected chi connectivity index (χ3v) is 6.53. The van der Waals surface area contributed by atoms with Crippen molar-refractivity contribution in [3.05, 3.63) is 57.5 Å². The van der Waals surface area contributed by atoms with E-state index in [2.05, 4.69) is 15.4 Å². The summed E-state index contributed by atoms with van der Waals surface area (Å²) >= 11 is 0. The maximum atomic E-state index is 13.6. The van der Waals surface area contributed by atoms with Crippen LogP contribution in [0.2, 0.25) is 0 Å². The van der Waals surface area contributed by atoms with Crippen LogP contribution < -0.4 is 10.9 Å². The molecule has 0 saturated carbocycles. The van der Waals surface area contributed by atoms with Crippen LogP contribution in [0.5, 0.6) is 0 Å². The van der Waals surface area contributed by atoms with E-state index < -0.39 is 29.3 Å². The van der Waals surface area contributed by atoms with Crippen molar-refractivity contribution in [2.75, 3.05) is 31.6 Å². The molecule has 0 bridgehead atoms. The topological polar surface area (TPSA) is 131 Å². The number of anilines is 1. The molecule has 3 aromatic rings. The first-order chi connectivity index (χ1) is 17.7. The van der Waals surface area contributed by atoms with Crippen molar-refractivity contribution in [2.24, 2.45) is 0 Å². The maximum Gasteiger partial charge on any atom is 0.280 e. The van der Waals surface area contributed by atoms with Gasteiger partial charge >= 0.3 is 0 Å². The van der Waals surface area contributed by atoms with Crippen LogP contribution in [0, 0.1) is 5.82 Å². The number of carbonyl (C=O) groups is 3. The number of pyridine rings is 1. The Balaban J connectivity index is 1.47. The summed E-state index contributed by atoms with van der Waals surface area (Å²) in [6.07, 6.45) is 1.14. The van der Waals surface area contributed by atoms with Crippen LogP contribution in [0.15, 0.2) is 29.2 Å². The van der Waals surface area contributed by atoms with E-state index in [0.717, 1.165) is 6.20 Å². The van der Waals surface area contributed by atoms with Crippen molar-refractivity contribution in [2.45, 2.75) is 39.5 Å². The molecule has 3 amide bonds. The SMILES string of the molecule is CCc1cc2n(CC(=O)Nc3ccc(F)cn3)c3c(c(=O)n2n1)CN(C[C@H]1CN(C(C)=O)CCO1)C3=O. The lowest BCUT2D eigenvalue weighted by atomic mass is 10.2. The fourth-order valence-corrected chi connectivity index (χ4v) is 4.68. The summed E-state index contributed by atoms with van der Waals surface area (Å²) in [5.41, 5.74) is 0.873. The summed E-state index contributed by atoms with van der Waals surface area (Å²) in [7, 11) is 0. The van der Waals surface area contributed by atoms with E-state index in [1.54, 1.807) is 11.0 Å². The molecule has 2 aliphatic rings. The second kappa shape index (κ2) is 9.73. The average Bonchev–Trinajstić information content (AvgIpc) is 3.46. The van der Waals surface area contributed by atoms with Crippen molar-refractivity contribution in [3.8, 4) is 0 Å². The van der Waals surface area contributed by atoms with Crippen molar-refractivity contribution >= 4 is 29.2 Å². The molecule has 37 heavy (non-hydrogen) atoms. The molecule has 0 unspecified atom stereocenters. The van der Waals surface area contributed by atoms with Gasteiger partial charge in [-0.25, -0.2) is 9.37 Å². The van der Waals surface area contributed by atoms with E-state index in [0.29, 0.717) is 37.5 Å². The highest BCUT2D eigenvalue weighted by Crippen LogP contribution is 2.24. The average molecular weight is 512 g/mol. The smallest absolute Gasteiger partial charge is 0.280 e. The van der Waals surface area contributed by atoms with Crippen molar-refractivity contribution in [1.29, 1.82) is 0 Å². The van der Waals surface area contributed by atoms with Crippen LogP contribution in [0.1, 0.15) is 35.6 Å². The highest BCUT2D eigenvalue weighted by molar-refractivity contribution is 5.98. The minimum absolute atomic E-state index is 0.0331. The number of halogens is 1. The van der Waals surface area contributed by atoms with Gasteiger partial charge in [0, 0.05) is 32.6 Å². The molecule has 1 atom stereocenters. The van der Waals surface area contributed by atoms with Gasteiger partial charge in [0.05, 0.1) is 36.7 Å². The molecule has 5 rings (SSSR count). The molecule has 0 aromatic carbocycles. The number of fused-ring (bicyclic) bond motifs is 2. The molecule has 13 heteroatoms. The Morgan fingerprint density at radius 1 is 1.27 bits per heavy atom. The minimum Gasteiger partial charge on any atom is -0.373 e. The van der Waals surface area contributed by atoms with Gasteiger partial charge in [-0.1, -0.05) is 6.92 Å². The van der Waals surface area contributed by atoms with Gasteiger partial charge in [-0.15, -0.1) is 0 Å². The highest BCUT2D eigenvalue weighted by Gasteiger charge is 2.37. The minimum atomic E-state index is -0.539. The zero-order chi connectivity index (χ0) is 26.3. The molecule has 3 aromatic heterocycles. The van der Waals surface area contributed by atoms with Crippen molar-refractivity contribution in [3.63, 3.8) is 0 Å². The molecule has 1 saturated heterocycles. The molecule has 1 fully saturated rings. The molecule has 0 radical (unpaired) electrons. The Morgan fingerprint density at radius 2 is 2.08 bits per heavy atom. The number of carbonyl (C=O) groups excluding carboxylic acids is 3. The van der Waals surface area contributed by atoms with Crippen LogP contribution in [0.3, 0.4) is 0 Å². The molecular formula is C24H26FN7O5. The van der Waals surface area contributed by atoms with Gasteiger partial charge in [0.2, 0.25) is 11.8 Å². The lowest BCUT2D eigenvalue weighted by Crippen LogP contribution is -2.49. The number of aromatic nitrogens is 4. The van der Waals surface area contributed by atoms with E-state index in [1.165, 1.54) is 33.0 Å². The van der Waals surface area contributed by atoms with E-state index in [1.807, 2.05) is 6.92 Å². The van der Waals surface area contributed by atoms with Gasteiger partial charge in [0.25, 0.3) is 11.5 Å². The lowest BCUT2D eigenvalue weighted by Gasteiger charge is -2.34. The van der Waals surface area contributed by atoms with Crippen LogP contribution in [0.4, 0.5) is 10.2 Å². The summed E-state index contributed by atoms with van der Waals surface area (Å²) in [4.78, 5) is 58.6. The number of morpholine rings is 1. The first-order valence-electron chi connectivity index (χ1n) is 12.0. The van der Waals surface area contributed by atoms with E-state index in [-0.39, 0.29) is 42.6 Å². The zero-order valence-electron chi connectivity index (χ0n) is 20.4. The number of rotatable bonds is 6. The number of ether oxygens (including phenoxy) is 1. The normalized spacial score (nSPS) is 17.4. The zero-order valence-corrected chi connectivity index (χ0v) is 20.4. The molecule has 194 valence electrons. The summed E-state index contributed by atoms with van der Waals surface area (Å²) < 4.78 is 21.7. The maximum absolute atomic E-state index is 13.6. The fraction of sp³-hybridized carbons (Fsp3) is 0.417. The van der Waals surface area contributed by atoms with E-state index in [4.69, 9.17) is 4.74 Å². The monoisotopic (exact) mass is 511 g/mol. The van der Waals surface area contributed by atoms with Crippen LogP contribution >= 0.6 is 0 Å². The Morgan fingerprint density at radius 3 is 2.78 bits per heavy atom. The first-order valence-corrected chi connectivity index (χ1v) is 12.0. The largest absolute Gasteiger partial charge is 0.373 e. The van der Waals surface area contributed by atoms with Crippen molar-refractivity contribution < 1.29 is 23.5 Å². The van der Waals surface area contributed by atoms with Gasteiger partial charge in [0.15, 0.2) is 0 Å². The summed E-state index contributed by atoms with van der Waals surface area (Å²) in [5, 5.41) is 6.95. The summed E-state index contributed by atoms with van der Waals surface area (Å²) in [5.74, 6) is -1.38. The molecule has 12 nitrogen and oxygen atoms in total. The number of aryl methyl sites for hydroxylation is 1. The molecular weight excluding hydrogens is 485 g/mol. The Labute approximate surface area is 210 Å². The third-order valence-electron chi connectivity index (χ3n) is 6.53. The molecule has 0 spiro atoms. The van der Waals surface area contributed by atoms with Gasteiger partial charge in [-0.2, -0.15) is 9.61 Å². The predicted molar refractivity (Wildman–Crippen MR) is 128 cm³/mol. The van der Waals surface area contributed by atoms with Crippen molar-refractivity contribution in [1.82, 2.24) is 29.0 Å². The van der Waals surface area contributed by atoms with E-state index in [9.17, 15) is 23.6 Å². The molecule has 0 aliphatic carbocycles. The standard InChI is InChI=1S/C24H26FN7O5/c1-3-16-8-21-31(13-20(34)27-19-5-4-15(25)9-26-19)22-18(23(35)32(21)28-16)12-30(24(22)36)11-17-10-29(14(2)33)6-7-37-17/h4-5,8-9,17H,3,6-7,10-13H2,1-2H3,(H,26,27,34)/t17-/m1/s1. The summed E-state index contributed by atoms with van der Waals surface area (Å²) in [6.45, 7) is 4.48. The van der Waals surface area contributed by atoms with Crippen LogP contribution in [-0.4, -0.2) is 79.0 Å². The van der Waals surface area contributed by atoms with Gasteiger partial charge in [0.1, 0.15) is 29.5 Å². The second-order valence-electron chi connectivity index (χ2n) is 9.03. The van der Waals surface area contributed by atoms with E-state index >= 15 is 0 Å². The quantitative estimate of drug-likeness (QED) is 0.508. The van der Waals surface area contributed by atoms with Gasteiger partial charge in [-0.05, 0) is 18.6 Å². The molecule has 1 N–H and O–H groups in total. The second-order valence-corrected chi connectivity index (χ2v) is 9.03. The van der Waals surface area contributed by atoms with Crippen LogP contribution in [-0.2, 0) is 33.8 Å². The Bertz CT molecular complexity index is 1450. The molecule has 5 heterocycles. The predicted octanol–water partition coefficient (Wildman–Crippen LogP) is 0.434. The first kappa shape index (κ1) is 24.6. The number of nitrogens with one attached hydrogen (secondary N) is 1. The Hall–Kier alpha value is -4.13. The highest BCUT2D eigenvalue weighted by atomic mass is 19.1. The Kier molecular flexibility index (Phi) is 6.46. The fourth-order valence-electron chi connectivity index (χ4n) is 4.68.